The van der Waals surface area contributed by atoms with Crippen molar-refractivity contribution in [3.63, 3.8) is 0 Å². The Balaban J connectivity index is 1.33. The van der Waals surface area contributed by atoms with Gasteiger partial charge in [-0.1, -0.05) is 6.07 Å². The maximum absolute atomic E-state index is 12.3. The number of rotatable bonds is 5. The van der Waals surface area contributed by atoms with E-state index in [4.69, 9.17) is 0 Å². The van der Waals surface area contributed by atoms with Crippen LogP contribution in [0.4, 0.5) is 0 Å². The molecule has 2 bridgehead atoms. The van der Waals surface area contributed by atoms with Crippen molar-refractivity contribution in [2.75, 3.05) is 0 Å². The second kappa shape index (κ2) is 6.29. The molecule has 0 aromatic carbocycles. The lowest BCUT2D eigenvalue weighted by Gasteiger charge is -2.43. The van der Waals surface area contributed by atoms with E-state index in [0.717, 1.165) is 50.8 Å². The van der Waals surface area contributed by atoms with Gasteiger partial charge < -0.3 is 5.11 Å². The molecule has 2 atom stereocenters. The van der Waals surface area contributed by atoms with Crippen LogP contribution in [0.5, 0.6) is 0 Å². The fourth-order valence-corrected chi connectivity index (χ4v) is 5.55. The highest BCUT2D eigenvalue weighted by Gasteiger charge is 2.47. The van der Waals surface area contributed by atoms with Gasteiger partial charge in [-0.05, 0) is 56.0 Å². The zero-order valence-electron chi connectivity index (χ0n) is 14.9. The van der Waals surface area contributed by atoms with E-state index in [2.05, 4.69) is 27.5 Å². The van der Waals surface area contributed by atoms with E-state index in [0.29, 0.717) is 24.5 Å². The van der Waals surface area contributed by atoms with Gasteiger partial charge in [0.2, 0.25) is 0 Å². The van der Waals surface area contributed by atoms with Crippen molar-refractivity contribution in [3.8, 4) is 0 Å². The predicted octanol–water partition coefficient (Wildman–Crippen LogP) is 2.74. The molecule has 26 heavy (non-hydrogen) atoms. The fraction of sp³-hybridized carbons (Fsp3) is 0.600. The first kappa shape index (κ1) is 16.7. The Hall–Kier alpha value is -1.50. The van der Waals surface area contributed by atoms with E-state index in [9.17, 15) is 9.90 Å². The van der Waals surface area contributed by atoms with Crippen LogP contribution in [-0.4, -0.2) is 37.5 Å². The molecule has 2 saturated heterocycles. The summed E-state index contributed by atoms with van der Waals surface area (Å²) in [7, 11) is 0. The number of aromatic nitrogens is 2. The molecular formula is C20H25N3O2S. The van der Waals surface area contributed by atoms with E-state index in [1.165, 1.54) is 9.56 Å². The number of hydrogen-bond donors (Lipinski definition) is 1. The van der Waals surface area contributed by atoms with Gasteiger partial charge in [-0.15, -0.1) is 11.3 Å². The Morgan fingerprint density at radius 2 is 1.92 bits per heavy atom. The molecule has 2 aromatic rings. The fourth-order valence-electron chi connectivity index (χ4n) is 4.84. The minimum atomic E-state index is -0.823. The molecule has 2 aliphatic heterocycles. The van der Waals surface area contributed by atoms with Crippen molar-refractivity contribution < 1.29 is 5.11 Å². The number of thiophene rings is 1. The first-order valence-electron chi connectivity index (χ1n) is 9.68. The van der Waals surface area contributed by atoms with Crippen LogP contribution in [0.1, 0.15) is 55.0 Å². The van der Waals surface area contributed by atoms with Crippen molar-refractivity contribution in [3.05, 3.63) is 50.6 Å². The van der Waals surface area contributed by atoms with E-state index in [1.807, 2.05) is 6.07 Å². The average molecular weight is 372 g/mol. The molecule has 0 amide bonds. The van der Waals surface area contributed by atoms with Gasteiger partial charge in [-0.25, -0.2) is 4.68 Å². The Morgan fingerprint density at radius 3 is 2.58 bits per heavy atom. The molecular weight excluding hydrogens is 346 g/mol. The summed E-state index contributed by atoms with van der Waals surface area (Å²) in [5.41, 5.74) is 0.0824. The van der Waals surface area contributed by atoms with Crippen molar-refractivity contribution >= 4 is 11.3 Å². The zero-order valence-corrected chi connectivity index (χ0v) is 15.7. The Labute approximate surface area is 157 Å². The summed E-state index contributed by atoms with van der Waals surface area (Å²) in [6.45, 7) is 1.31. The lowest BCUT2D eigenvalue weighted by atomic mass is 9.86. The standard InChI is InChI=1S/C20H25N3O2S/c24-19-8-7-18(14-3-4-14)21-23(19)13-20(25)10-15-5-6-16(11-20)22(15)12-17-2-1-9-26-17/h1-2,7-9,14-16,25H,3-6,10-13H2. The minimum absolute atomic E-state index is 0.101. The van der Waals surface area contributed by atoms with E-state index < -0.39 is 5.60 Å². The molecule has 1 aliphatic carbocycles. The van der Waals surface area contributed by atoms with Crippen LogP contribution in [0.2, 0.25) is 0 Å². The maximum Gasteiger partial charge on any atom is 0.266 e. The number of fused-ring (bicyclic) bond motifs is 2. The number of aliphatic hydroxyl groups is 1. The summed E-state index contributed by atoms with van der Waals surface area (Å²) < 4.78 is 1.52. The molecule has 2 aromatic heterocycles. The minimum Gasteiger partial charge on any atom is -0.388 e. The number of hydrogen-bond acceptors (Lipinski definition) is 5. The van der Waals surface area contributed by atoms with E-state index in [-0.39, 0.29) is 5.56 Å². The second-order valence-electron chi connectivity index (χ2n) is 8.30. The zero-order chi connectivity index (χ0) is 17.7. The van der Waals surface area contributed by atoms with Gasteiger partial charge in [0.25, 0.3) is 5.56 Å². The monoisotopic (exact) mass is 371 g/mol. The molecule has 4 heterocycles. The molecule has 0 spiro atoms. The van der Waals surface area contributed by atoms with Crippen LogP contribution in [0.3, 0.4) is 0 Å². The van der Waals surface area contributed by atoms with Crippen LogP contribution >= 0.6 is 11.3 Å². The molecule has 1 saturated carbocycles. The van der Waals surface area contributed by atoms with Crippen LogP contribution in [-0.2, 0) is 13.1 Å². The molecule has 6 heteroatoms. The third-order valence-corrected chi connectivity index (χ3v) is 7.11. The summed E-state index contributed by atoms with van der Waals surface area (Å²) in [5.74, 6) is 0.514. The Kier molecular flexibility index (Phi) is 4.03. The smallest absolute Gasteiger partial charge is 0.266 e. The van der Waals surface area contributed by atoms with Crippen molar-refractivity contribution in [2.24, 2.45) is 0 Å². The van der Waals surface area contributed by atoms with Gasteiger partial charge in [0.1, 0.15) is 0 Å². The van der Waals surface area contributed by atoms with Crippen LogP contribution in [0.15, 0.2) is 34.4 Å². The summed E-state index contributed by atoms with van der Waals surface area (Å²) in [4.78, 5) is 16.2. The first-order valence-corrected chi connectivity index (χ1v) is 10.6. The van der Waals surface area contributed by atoms with Crippen LogP contribution in [0, 0.1) is 0 Å². The van der Waals surface area contributed by atoms with Crippen molar-refractivity contribution in [1.82, 2.24) is 14.7 Å². The Morgan fingerprint density at radius 1 is 1.15 bits per heavy atom. The van der Waals surface area contributed by atoms with Gasteiger partial charge in [0, 0.05) is 35.5 Å². The van der Waals surface area contributed by atoms with Gasteiger partial charge in [-0.3, -0.25) is 9.69 Å². The lowest BCUT2D eigenvalue weighted by molar-refractivity contribution is -0.0675. The summed E-state index contributed by atoms with van der Waals surface area (Å²) in [5, 5.41) is 18.0. The topological polar surface area (TPSA) is 58.4 Å². The van der Waals surface area contributed by atoms with Gasteiger partial charge in [-0.2, -0.15) is 5.10 Å². The first-order chi connectivity index (χ1) is 12.6. The van der Waals surface area contributed by atoms with Gasteiger partial charge >= 0.3 is 0 Å². The van der Waals surface area contributed by atoms with Crippen LogP contribution < -0.4 is 5.56 Å². The molecule has 5 nitrogen and oxygen atoms in total. The summed E-state index contributed by atoms with van der Waals surface area (Å²) in [6.07, 6.45) is 6.08. The summed E-state index contributed by atoms with van der Waals surface area (Å²) in [6, 6.07) is 8.58. The third kappa shape index (κ3) is 3.15. The van der Waals surface area contributed by atoms with E-state index in [1.54, 1.807) is 17.4 Å². The molecule has 3 fully saturated rings. The highest BCUT2D eigenvalue weighted by molar-refractivity contribution is 7.09. The molecule has 0 radical (unpaired) electrons. The third-order valence-electron chi connectivity index (χ3n) is 6.25. The molecule has 2 unspecified atom stereocenters. The lowest BCUT2D eigenvalue weighted by Crippen LogP contribution is -2.53. The highest BCUT2D eigenvalue weighted by atomic mass is 32.1. The van der Waals surface area contributed by atoms with E-state index >= 15 is 0 Å². The summed E-state index contributed by atoms with van der Waals surface area (Å²) >= 11 is 1.80. The second-order valence-corrected chi connectivity index (χ2v) is 9.33. The van der Waals surface area contributed by atoms with Gasteiger partial charge in [0.05, 0.1) is 17.8 Å². The largest absolute Gasteiger partial charge is 0.388 e. The van der Waals surface area contributed by atoms with Crippen molar-refractivity contribution in [1.29, 1.82) is 0 Å². The number of piperidine rings is 1. The maximum atomic E-state index is 12.3. The van der Waals surface area contributed by atoms with Gasteiger partial charge in [0.15, 0.2) is 0 Å². The van der Waals surface area contributed by atoms with Crippen molar-refractivity contribution in [2.45, 2.75) is 75.2 Å². The SMILES string of the molecule is O=c1ccc(C2CC2)nn1CC1(O)CC2CCC(C1)N2Cc1cccs1. The van der Waals surface area contributed by atoms with Crippen LogP contribution in [0.25, 0.3) is 0 Å². The molecule has 3 aliphatic rings. The Bertz CT molecular complexity index is 829. The molecule has 1 N–H and O–H groups in total. The predicted molar refractivity (Wildman–Crippen MR) is 101 cm³/mol. The number of nitrogens with zero attached hydrogens (tertiary/aromatic N) is 3. The highest BCUT2D eigenvalue weighted by Crippen LogP contribution is 2.42. The quantitative estimate of drug-likeness (QED) is 0.878. The normalized spacial score (nSPS) is 31.4. The molecule has 5 rings (SSSR count). The molecule has 138 valence electrons. The average Bonchev–Trinajstić information content (AvgIpc) is 3.28.